The second-order valence-electron chi connectivity index (χ2n) is 6.86. The molecule has 0 bridgehead atoms. The van der Waals surface area contributed by atoms with Crippen LogP contribution in [0.25, 0.3) is 0 Å². The van der Waals surface area contributed by atoms with E-state index in [9.17, 15) is 0 Å². The highest BCUT2D eigenvalue weighted by Crippen LogP contribution is 2.25. The van der Waals surface area contributed by atoms with Gasteiger partial charge in [0.1, 0.15) is 5.76 Å². The lowest BCUT2D eigenvalue weighted by Gasteiger charge is -2.39. The molecule has 0 aromatic carbocycles. The van der Waals surface area contributed by atoms with Gasteiger partial charge in [0.15, 0.2) is 0 Å². The zero-order valence-electron chi connectivity index (χ0n) is 13.9. The number of nitrogens with one attached hydrogen (secondary N) is 1. The molecule has 1 saturated heterocycles. The molecule has 0 amide bonds. The number of furan rings is 1. The lowest BCUT2D eigenvalue weighted by molar-refractivity contribution is -0.0539. The fraction of sp³-hybridized carbons (Fsp3) is 0.765. The molecule has 1 N–H and O–H groups in total. The van der Waals surface area contributed by atoms with E-state index in [1.54, 1.807) is 6.26 Å². The molecule has 0 radical (unpaired) electrons. The van der Waals surface area contributed by atoms with Crippen molar-refractivity contribution in [3.05, 3.63) is 23.7 Å². The standard InChI is InChI=1S/C17H30N2O2/c1-14(2)10-18-11-15-6-9-21-16(15)12-19-8-5-7-17(3,13-19)20-4/h6,9,14,18H,5,7-8,10-13H2,1-4H3. The van der Waals surface area contributed by atoms with E-state index in [0.29, 0.717) is 5.92 Å². The highest BCUT2D eigenvalue weighted by molar-refractivity contribution is 5.17. The second-order valence-corrected chi connectivity index (χ2v) is 6.86. The van der Waals surface area contributed by atoms with Gasteiger partial charge in [-0.1, -0.05) is 13.8 Å². The quantitative estimate of drug-likeness (QED) is 0.839. The van der Waals surface area contributed by atoms with Crippen LogP contribution in [0, 0.1) is 5.92 Å². The molecule has 2 rings (SSSR count). The van der Waals surface area contributed by atoms with E-state index in [0.717, 1.165) is 44.9 Å². The molecule has 0 aliphatic carbocycles. The van der Waals surface area contributed by atoms with Gasteiger partial charge in [-0.2, -0.15) is 0 Å². The Kier molecular flexibility index (Phi) is 5.85. The molecule has 21 heavy (non-hydrogen) atoms. The van der Waals surface area contributed by atoms with Crippen LogP contribution in [0.15, 0.2) is 16.7 Å². The lowest BCUT2D eigenvalue weighted by Crippen LogP contribution is -2.46. The molecule has 0 saturated carbocycles. The zero-order valence-corrected chi connectivity index (χ0v) is 13.9. The van der Waals surface area contributed by atoms with Crippen molar-refractivity contribution in [1.82, 2.24) is 10.2 Å². The number of piperidine rings is 1. The van der Waals surface area contributed by atoms with Crippen molar-refractivity contribution in [2.45, 2.75) is 52.3 Å². The Bertz CT molecular complexity index is 430. The van der Waals surface area contributed by atoms with Crippen molar-refractivity contribution in [2.24, 2.45) is 5.92 Å². The van der Waals surface area contributed by atoms with E-state index in [1.165, 1.54) is 12.0 Å². The van der Waals surface area contributed by atoms with Crippen molar-refractivity contribution >= 4 is 0 Å². The SMILES string of the molecule is COC1(C)CCCN(Cc2occc2CNCC(C)C)C1. The minimum atomic E-state index is -0.0130. The van der Waals surface area contributed by atoms with Crippen LogP contribution in [0.4, 0.5) is 0 Å². The Balaban J connectivity index is 1.89. The molecule has 0 spiro atoms. The number of ether oxygens (including phenoxy) is 1. The van der Waals surface area contributed by atoms with Crippen molar-refractivity contribution in [1.29, 1.82) is 0 Å². The van der Waals surface area contributed by atoms with Gasteiger partial charge in [0.2, 0.25) is 0 Å². The van der Waals surface area contributed by atoms with Gasteiger partial charge in [0.05, 0.1) is 18.4 Å². The summed E-state index contributed by atoms with van der Waals surface area (Å²) in [6, 6.07) is 2.09. The summed E-state index contributed by atoms with van der Waals surface area (Å²) in [6.07, 6.45) is 4.13. The Morgan fingerprint density at radius 1 is 1.48 bits per heavy atom. The van der Waals surface area contributed by atoms with Crippen LogP contribution in [-0.4, -0.2) is 37.2 Å². The average molecular weight is 294 g/mol. The molecule has 2 heterocycles. The first kappa shape index (κ1) is 16.5. The van der Waals surface area contributed by atoms with Crippen LogP contribution in [0.1, 0.15) is 44.9 Å². The largest absolute Gasteiger partial charge is 0.468 e. The summed E-state index contributed by atoms with van der Waals surface area (Å²) >= 11 is 0. The molecule has 1 unspecified atom stereocenters. The second kappa shape index (κ2) is 7.43. The van der Waals surface area contributed by atoms with Gasteiger partial charge in [-0.3, -0.25) is 4.90 Å². The molecule has 1 atom stereocenters. The Labute approximate surface area is 128 Å². The zero-order chi connectivity index (χ0) is 15.3. The molecule has 1 aromatic rings. The minimum absolute atomic E-state index is 0.0130. The van der Waals surface area contributed by atoms with Crippen LogP contribution in [0.5, 0.6) is 0 Å². The maximum atomic E-state index is 5.70. The molecule has 1 aliphatic rings. The molecule has 1 fully saturated rings. The van der Waals surface area contributed by atoms with Crippen LogP contribution in [0.2, 0.25) is 0 Å². The Hall–Kier alpha value is -0.840. The fourth-order valence-corrected chi connectivity index (χ4v) is 2.97. The monoisotopic (exact) mass is 294 g/mol. The smallest absolute Gasteiger partial charge is 0.122 e. The number of methoxy groups -OCH3 is 1. The number of hydrogen-bond acceptors (Lipinski definition) is 4. The van der Waals surface area contributed by atoms with Gasteiger partial charge < -0.3 is 14.5 Å². The molecule has 4 nitrogen and oxygen atoms in total. The molecule has 1 aliphatic heterocycles. The number of rotatable bonds is 7. The van der Waals surface area contributed by atoms with Gasteiger partial charge >= 0.3 is 0 Å². The predicted octanol–water partition coefficient (Wildman–Crippen LogP) is 3.03. The fourth-order valence-electron chi connectivity index (χ4n) is 2.97. The summed E-state index contributed by atoms with van der Waals surface area (Å²) in [6.45, 7) is 11.6. The minimum Gasteiger partial charge on any atom is -0.468 e. The third-order valence-corrected chi connectivity index (χ3v) is 4.30. The summed E-state index contributed by atoms with van der Waals surface area (Å²) in [4.78, 5) is 2.44. The van der Waals surface area contributed by atoms with E-state index < -0.39 is 0 Å². The van der Waals surface area contributed by atoms with Gasteiger partial charge in [0, 0.05) is 25.8 Å². The predicted molar refractivity (Wildman–Crippen MR) is 85.2 cm³/mol. The van der Waals surface area contributed by atoms with Crippen LogP contribution in [-0.2, 0) is 17.8 Å². The third-order valence-electron chi connectivity index (χ3n) is 4.30. The molecule has 4 heteroatoms. The third kappa shape index (κ3) is 4.83. The molecular weight excluding hydrogens is 264 g/mol. The maximum Gasteiger partial charge on any atom is 0.122 e. The van der Waals surface area contributed by atoms with Crippen LogP contribution < -0.4 is 5.32 Å². The first-order valence-corrected chi connectivity index (χ1v) is 8.06. The lowest BCUT2D eigenvalue weighted by atomic mass is 9.94. The molecule has 120 valence electrons. The topological polar surface area (TPSA) is 37.6 Å². The summed E-state index contributed by atoms with van der Waals surface area (Å²) in [5.41, 5.74) is 1.27. The van der Waals surface area contributed by atoms with Gasteiger partial charge in [-0.15, -0.1) is 0 Å². The summed E-state index contributed by atoms with van der Waals surface area (Å²) < 4.78 is 11.4. The summed E-state index contributed by atoms with van der Waals surface area (Å²) in [5, 5.41) is 3.49. The van der Waals surface area contributed by atoms with Crippen molar-refractivity contribution in [2.75, 3.05) is 26.7 Å². The Morgan fingerprint density at radius 2 is 2.29 bits per heavy atom. The van der Waals surface area contributed by atoms with Crippen molar-refractivity contribution in [3.8, 4) is 0 Å². The normalized spacial score (nSPS) is 23.9. The molecule has 1 aromatic heterocycles. The first-order valence-electron chi connectivity index (χ1n) is 8.06. The Morgan fingerprint density at radius 3 is 3.00 bits per heavy atom. The van der Waals surface area contributed by atoms with E-state index in [2.05, 4.69) is 37.1 Å². The van der Waals surface area contributed by atoms with Crippen LogP contribution >= 0.6 is 0 Å². The van der Waals surface area contributed by atoms with E-state index in [1.807, 2.05) is 7.11 Å². The summed E-state index contributed by atoms with van der Waals surface area (Å²) in [5.74, 6) is 1.76. The first-order chi connectivity index (χ1) is 10.0. The van der Waals surface area contributed by atoms with Crippen molar-refractivity contribution in [3.63, 3.8) is 0 Å². The van der Waals surface area contributed by atoms with E-state index in [-0.39, 0.29) is 5.60 Å². The van der Waals surface area contributed by atoms with Crippen molar-refractivity contribution < 1.29 is 9.15 Å². The number of hydrogen-bond donors (Lipinski definition) is 1. The van der Waals surface area contributed by atoms with Gasteiger partial charge in [0.25, 0.3) is 0 Å². The number of likely N-dealkylation sites (tertiary alicyclic amines) is 1. The molecular formula is C17H30N2O2. The highest BCUT2D eigenvalue weighted by atomic mass is 16.5. The highest BCUT2D eigenvalue weighted by Gasteiger charge is 2.31. The van der Waals surface area contributed by atoms with Gasteiger partial charge in [-0.05, 0) is 44.8 Å². The number of nitrogens with zero attached hydrogens (tertiary/aromatic N) is 1. The van der Waals surface area contributed by atoms with Crippen LogP contribution in [0.3, 0.4) is 0 Å². The average Bonchev–Trinajstić information content (AvgIpc) is 2.86. The maximum absolute atomic E-state index is 5.70. The van der Waals surface area contributed by atoms with Gasteiger partial charge in [-0.25, -0.2) is 0 Å². The summed E-state index contributed by atoms with van der Waals surface area (Å²) in [7, 11) is 1.82. The van der Waals surface area contributed by atoms with E-state index in [4.69, 9.17) is 9.15 Å². The van der Waals surface area contributed by atoms with E-state index >= 15 is 0 Å².